The minimum atomic E-state index is -0.330. The smallest absolute Gasteiger partial charge is 0.141 e. The molecule has 0 atom stereocenters. The second kappa shape index (κ2) is 3.49. The summed E-state index contributed by atoms with van der Waals surface area (Å²) in [7, 11) is 0. The third kappa shape index (κ3) is 1.43. The van der Waals surface area contributed by atoms with Gasteiger partial charge in [-0.1, -0.05) is 0 Å². The van der Waals surface area contributed by atoms with Crippen molar-refractivity contribution in [1.82, 2.24) is 9.78 Å². The highest BCUT2D eigenvalue weighted by Gasteiger charge is 2.06. The molecule has 0 radical (unpaired) electrons. The van der Waals surface area contributed by atoms with Gasteiger partial charge in [0.25, 0.3) is 0 Å². The van der Waals surface area contributed by atoms with E-state index in [-0.39, 0.29) is 12.4 Å². The number of fused-ring (bicyclic) bond motifs is 1. The molecule has 0 saturated heterocycles. The molecule has 1 aromatic carbocycles. The zero-order valence-corrected chi connectivity index (χ0v) is 8.66. The summed E-state index contributed by atoms with van der Waals surface area (Å²) in [5.41, 5.74) is 0.741. The molecule has 0 N–H and O–H groups in total. The maximum atomic E-state index is 13.1. The van der Waals surface area contributed by atoms with Gasteiger partial charge in [0, 0.05) is 5.39 Å². The van der Waals surface area contributed by atoms with Crippen LogP contribution in [0, 0.1) is 5.82 Å². The lowest BCUT2D eigenvalue weighted by molar-refractivity contribution is -0.108. The van der Waals surface area contributed by atoms with Crippen LogP contribution in [-0.2, 0) is 11.3 Å². The molecule has 5 heteroatoms. The molecule has 0 unspecified atom stereocenters. The number of nitrogens with zero attached hydrogens (tertiary/aromatic N) is 2. The summed E-state index contributed by atoms with van der Waals surface area (Å²) in [4.78, 5) is 10.3. The monoisotopic (exact) mass is 256 g/mol. The van der Waals surface area contributed by atoms with Crippen molar-refractivity contribution in [2.75, 3.05) is 0 Å². The summed E-state index contributed by atoms with van der Waals surface area (Å²) in [6.07, 6.45) is 2.29. The van der Waals surface area contributed by atoms with Gasteiger partial charge in [0.15, 0.2) is 0 Å². The standard InChI is InChI=1S/C9H6BrFN2O/c10-7-4-9-6(3-8(7)11)5-12-13(9)1-2-14/h2-5H,1H2. The van der Waals surface area contributed by atoms with Gasteiger partial charge in [0.05, 0.1) is 22.7 Å². The molecule has 14 heavy (non-hydrogen) atoms. The Hall–Kier alpha value is -1.23. The largest absolute Gasteiger partial charge is 0.301 e. The highest BCUT2D eigenvalue weighted by molar-refractivity contribution is 9.10. The Balaban J connectivity index is 2.67. The first-order valence-electron chi connectivity index (χ1n) is 3.96. The molecule has 3 nitrogen and oxygen atoms in total. The molecule has 0 aliphatic heterocycles. The molecule has 0 amide bonds. The van der Waals surface area contributed by atoms with Crippen LogP contribution in [0.4, 0.5) is 4.39 Å². The zero-order valence-electron chi connectivity index (χ0n) is 7.08. The van der Waals surface area contributed by atoms with Gasteiger partial charge in [0.2, 0.25) is 0 Å². The first kappa shape index (κ1) is 9.33. The summed E-state index contributed by atoms with van der Waals surface area (Å²) in [5.74, 6) is -0.330. The Morgan fingerprint density at radius 2 is 2.36 bits per heavy atom. The Bertz CT molecular complexity index is 495. The van der Waals surface area contributed by atoms with Crippen molar-refractivity contribution in [1.29, 1.82) is 0 Å². The van der Waals surface area contributed by atoms with E-state index in [9.17, 15) is 9.18 Å². The number of hydrogen-bond acceptors (Lipinski definition) is 2. The third-order valence-corrected chi connectivity index (χ3v) is 2.54. The van der Waals surface area contributed by atoms with E-state index >= 15 is 0 Å². The van der Waals surface area contributed by atoms with Crippen LogP contribution in [0.5, 0.6) is 0 Å². The van der Waals surface area contributed by atoms with E-state index in [4.69, 9.17) is 0 Å². The lowest BCUT2D eigenvalue weighted by Crippen LogP contribution is -2.00. The maximum absolute atomic E-state index is 13.1. The van der Waals surface area contributed by atoms with Crippen molar-refractivity contribution >= 4 is 33.1 Å². The van der Waals surface area contributed by atoms with E-state index in [2.05, 4.69) is 21.0 Å². The minimum absolute atomic E-state index is 0.182. The Morgan fingerprint density at radius 1 is 1.57 bits per heavy atom. The van der Waals surface area contributed by atoms with Crippen LogP contribution >= 0.6 is 15.9 Å². The summed E-state index contributed by atoms with van der Waals surface area (Å²) in [6, 6.07) is 2.99. The topological polar surface area (TPSA) is 34.9 Å². The minimum Gasteiger partial charge on any atom is -0.301 e. The molecular formula is C9H6BrFN2O. The van der Waals surface area contributed by atoms with Crippen LogP contribution < -0.4 is 0 Å². The highest BCUT2D eigenvalue weighted by atomic mass is 79.9. The molecular weight excluding hydrogens is 251 g/mol. The lowest BCUT2D eigenvalue weighted by atomic mass is 10.2. The van der Waals surface area contributed by atoms with Gasteiger partial charge in [0.1, 0.15) is 12.1 Å². The van der Waals surface area contributed by atoms with Gasteiger partial charge in [-0.3, -0.25) is 4.68 Å². The number of rotatable bonds is 2. The van der Waals surface area contributed by atoms with Gasteiger partial charge in [-0.2, -0.15) is 5.10 Å². The predicted octanol–water partition coefficient (Wildman–Crippen LogP) is 2.14. The summed E-state index contributed by atoms with van der Waals surface area (Å²) >= 11 is 3.08. The van der Waals surface area contributed by atoms with Gasteiger partial charge >= 0.3 is 0 Å². The molecule has 2 aromatic rings. The van der Waals surface area contributed by atoms with E-state index in [0.29, 0.717) is 9.86 Å². The Morgan fingerprint density at radius 3 is 3.07 bits per heavy atom. The quantitative estimate of drug-likeness (QED) is 0.772. The number of carbonyl (C=O) groups is 1. The number of aromatic nitrogens is 2. The number of benzene rings is 1. The predicted molar refractivity (Wildman–Crippen MR) is 53.5 cm³/mol. The van der Waals surface area contributed by atoms with Crippen LogP contribution in [0.2, 0.25) is 0 Å². The van der Waals surface area contributed by atoms with Gasteiger partial charge in [-0.05, 0) is 28.1 Å². The van der Waals surface area contributed by atoms with Gasteiger partial charge in [-0.25, -0.2) is 4.39 Å². The van der Waals surface area contributed by atoms with E-state index in [0.717, 1.165) is 11.8 Å². The van der Waals surface area contributed by atoms with Crippen LogP contribution in [0.15, 0.2) is 22.8 Å². The molecule has 0 aliphatic rings. The van der Waals surface area contributed by atoms with Crippen molar-refractivity contribution in [3.8, 4) is 0 Å². The lowest BCUT2D eigenvalue weighted by Gasteiger charge is -1.98. The van der Waals surface area contributed by atoms with E-state index in [1.165, 1.54) is 16.9 Å². The van der Waals surface area contributed by atoms with Gasteiger partial charge in [-0.15, -0.1) is 0 Å². The van der Waals surface area contributed by atoms with Crippen molar-refractivity contribution in [2.24, 2.45) is 0 Å². The van der Waals surface area contributed by atoms with Crippen LogP contribution in [0.3, 0.4) is 0 Å². The SMILES string of the molecule is O=CCn1ncc2cc(F)c(Br)cc21. The highest BCUT2D eigenvalue weighted by Crippen LogP contribution is 2.22. The van der Waals surface area contributed by atoms with E-state index in [1.54, 1.807) is 6.07 Å². The van der Waals surface area contributed by atoms with Crippen molar-refractivity contribution in [2.45, 2.75) is 6.54 Å². The fourth-order valence-corrected chi connectivity index (χ4v) is 1.62. The average molecular weight is 257 g/mol. The number of aldehydes is 1. The number of hydrogen-bond donors (Lipinski definition) is 0. The molecule has 72 valence electrons. The normalized spacial score (nSPS) is 10.7. The molecule has 1 heterocycles. The van der Waals surface area contributed by atoms with Gasteiger partial charge < -0.3 is 4.79 Å². The maximum Gasteiger partial charge on any atom is 0.141 e. The third-order valence-electron chi connectivity index (χ3n) is 1.93. The molecule has 1 aromatic heterocycles. The fourth-order valence-electron chi connectivity index (χ4n) is 1.29. The molecule has 0 aliphatic carbocycles. The van der Waals surface area contributed by atoms with Crippen molar-refractivity contribution < 1.29 is 9.18 Å². The fraction of sp³-hybridized carbons (Fsp3) is 0.111. The van der Waals surface area contributed by atoms with Crippen LogP contribution in [-0.4, -0.2) is 16.1 Å². The first-order valence-corrected chi connectivity index (χ1v) is 4.76. The molecule has 0 fully saturated rings. The van der Waals surface area contributed by atoms with Crippen LogP contribution in [0.25, 0.3) is 10.9 Å². The van der Waals surface area contributed by atoms with Crippen molar-refractivity contribution in [3.63, 3.8) is 0 Å². The second-order valence-electron chi connectivity index (χ2n) is 2.82. The first-order chi connectivity index (χ1) is 6.72. The Kier molecular flexibility index (Phi) is 2.33. The number of carbonyl (C=O) groups excluding carboxylic acids is 1. The molecule has 0 bridgehead atoms. The zero-order chi connectivity index (χ0) is 10.1. The van der Waals surface area contributed by atoms with Crippen molar-refractivity contribution in [3.05, 3.63) is 28.6 Å². The average Bonchev–Trinajstić information content (AvgIpc) is 2.51. The summed E-state index contributed by atoms with van der Waals surface area (Å²) in [6.45, 7) is 0.182. The molecule has 0 saturated carbocycles. The van der Waals surface area contributed by atoms with E-state index in [1.807, 2.05) is 0 Å². The Labute approximate surface area is 87.6 Å². The summed E-state index contributed by atoms with van der Waals surface area (Å²) < 4.78 is 15.0. The number of halogens is 2. The molecule has 0 spiro atoms. The second-order valence-corrected chi connectivity index (χ2v) is 3.67. The summed E-state index contributed by atoms with van der Waals surface area (Å²) in [5, 5.41) is 4.65. The molecule has 2 rings (SSSR count). The van der Waals surface area contributed by atoms with Crippen LogP contribution in [0.1, 0.15) is 0 Å². The van der Waals surface area contributed by atoms with E-state index < -0.39 is 0 Å².